The molecule has 1 aromatic heterocycles. The number of hydrogen-bond donors (Lipinski definition) is 0. The summed E-state index contributed by atoms with van der Waals surface area (Å²) in [6, 6.07) is 18.6. The summed E-state index contributed by atoms with van der Waals surface area (Å²) in [4.78, 5) is 1.21. The van der Waals surface area contributed by atoms with Gasteiger partial charge in [-0.15, -0.1) is 11.3 Å². The van der Waals surface area contributed by atoms with Gasteiger partial charge in [0, 0.05) is 17.5 Å². The fourth-order valence-electron chi connectivity index (χ4n) is 3.91. The van der Waals surface area contributed by atoms with Crippen molar-refractivity contribution in [2.24, 2.45) is 5.10 Å². The van der Waals surface area contributed by atoms with E-state index in [2.05, 4.69) is 34.7 Å². The Kier molecular flexibility index (Phi) is 3.22. The van der Waals surface area contributed by atoms with Gasteiger partial charge >= 0.3 is 0 Å². The number of rotatable bonds is 2. The van der Waals surface area contributed by atoms with E-state index >= 15 is 0 Å². The van der Waals surface area contributed by atoms with E-state index in [4.69, 9.17) is 19.3 Å². The highest BCUT2D eigenvalue weighted by molar-refractivity contribution is 7.12. The second kappa shape index (κ2) is 5.76. The first-order valence-corrected chi connectivity index (χ1v) is 9.79. The molecule has 0 aliphatic carbocycles. The van der Waals surface area contributed by atoms with Gasteiger partial charge in [0.25, 0.3) is 0 Å². The van der Waals surface area contributed by atoms with Crippen LogP contribution >= 0.6 is 11.3 Å². The fraction of sp³-hybridized carbons (Fsp3) is 0.190. The highest BCUT2D eigenvalue weighted by Crippen LogP contribution is 2.48. The number of thiophene rings is 1. The molecule has 0 radical (unpaired) electrons. The third kappa shape index (κ3) is 2.33. The number of benzene rings is 2. The van der Waals surface area contributed by atoms with Crippen molar-refractivity contribution >= 4 is 17.0 Å². The van der Waals surface area contributed by atoms with Gasteiger partial charge in [0.2, 0.25) is 13.0 Å². The van der Waals surface area contributed by atoms with E-state index < -0.39 is 0 Å². The third-order valence-electron chi connectivity index (χ3n) is 5.19. The first-order chi connectivity index (χ1) is 13.4. The van der Waals surface area contributed by atoms with Crippen molar-refractivity contribution in [2.75, 3.05) is 6.79 Å². The molecule has 134 valence electrons. The zero-order chi connectivity index (χ0) is 17.8. The van der Waals surface area contributed by atoms with Crippen LogP contribution in [0, 0.1) is 0 Å². The Bertz CT molecular complexity index is 1050. The van der Waals surface area contributed by atoms with Crippen LogP contribution in [0.25, 0.3) is 0 Å². The molecule has 0 bridgehead atoms. The third-order valence-corrected chi connectivity index (χ3v) is 6.11. The van der Waals surface area contributed by atoms with Gasteiger partial charge in [0.15, 0.2) is 11.5 Å². The average molecular weight is 376 g/mol. The van der Waals surface area contributed by atoms with Crippen molar-refractivity contribution in [3.8, 4) is 17.2 Å². The molecular weight excluding hydrogens is 360 g/mol. The maximum absolute atomic E-state index is 6.38. The molecule has 0 fully saturated rings. The van der Waals surface area contributed by atoms with Gasteiger partial charge in [0.1, 0.15) is 5.75 Å². The normalized spacial score (nSPS) is 22.1. The zero-order valence-electron chi connectivity index (χ0n) is 14.4. The number of ether oxygens (including phenoxy) is 3. The van der Waals surface area contributed by atoms with Crippen molar-refractivity contribution < 1.29 is 14.2 Å². The summed E-state index contributed by atoms with van der Waals surface area (Å²) in [7, 11) is 0. The molecule has 5 nitrogen and oxygen atoms in total. The maximum atomic E-state index is 6.38. The van der Waals surface area contributed by atoms with E-state index in [9.17, 15) is 0 Å². The molecule has 2 aromatic carbocycles. The summed E-state index contributed by atoms with van der Waals surface area (Å²) < 4.78 is 17.4. The SMILES string of the molecule is c1csc(C2=NN3[C@@H](c4ccc5c(c4)OCO5)Oc4ccccc4[C@@H]3C2)c1. The van der Waals surface area contributed by atoms with Crippen molar-refractivity contribution in [3.63, 3.8) is 0 Å². The second-order valence-corrected chi connectivity index (χ2v) is 7.69. The summed E-state index contributed by atoms with van der Waals surface area (Å²) in [6.45, 7) is 0.264. The molecule has 0 saturated carbocycles. The maximum Gasteiger partial charge on any atom is 0.231 e. The number of para-hydroxylation sites is 1. The molecule has 0 unspecified atom stereocenters. The highest BCUT2D eigenvalue weighted by Gasteiger charge is 2.41. The van der Waals surface area contributed by atoms with Gasteiger partial charge in [-0.05, 0) is 35.7 Å². The van der Waals surface area contributed by atoms with E-state index in [-0.39, 0.29) is 19.1 Å². The van der Waals surface area contributed by atoms with E-state index in [0.717, 1.165) is 34.9 Å². The lowest BCUT2D eigenvalue weighted by Gasteiger charge is -2.38. The Morgan fingerprint density at radius 3 is 2.81 bits per heavy atom. The summed E-state index contributed by atoms with van der Waals surface area (Å²) in [5.41, 5.74) is 3.31. The summed E-state index contributed by atoms with van der Waals surface area (Å²) in [6.07, 6.45) is 0.582. The van der Waals surface area contributed by atoms with Crippen LogP contribution in [0.2, 0.25) is 0 Å². The van der Waals surface area contributed by atoms with Crippen LogP contribution in [-0.2, 0) is 0 Å². The molecular formula is C21H16N2O3S. The van der Waals surface area contributed by atoms with Gasteiger partial charge in [0.05, 0.1) is 16.6 Å². The van der Waals surface area contributed by atoms with E-state index in [1.807, 2.05) is 30.3 Å². The van der Waals surface area contributed by atoms with Crippen molar-refractivity contribution in [2.45, 2.75) is 18.7 Å². The van der Waals surface area contributed by atoms with E-state index in [0.29, 0.717) is 0 Å². The van der Waals surface area contributed by atoms with Crippen LogP contribution in [0.1, 0.15) is 34.7 Å². The second-order valence-electron chi connectivity index (χ2n) is 6.74. The zero-order valence-corrected chi connectivity index (χ0v) is 15.2. The van der Waals surface area contributed by atoms with Crippen LogP contribution in [0.15, 0.2) is 65.1 Å². The van der Waals surface area contributed by atoms with Crippen LogP contribution in [0.3, 0.4) is 0 Å². The lowest BCUT2D eigenvalue weighted by molar-refractivity contribution is -0.0191. The smallest absolute Gasteiger partial charge is 0.231 e. The minimum atomic E-state index is -0.295. The standard InChI is InChI=1S/C21H16N2O3S/c1-2-5-17-14(4-1)16-11-15(20-6-3-9-27-20)22-23(16)21(26-17)13-7-8-18-19(10-13)25-12-24-18/h1-10,16,21H,11-12H2/t16-,21+/m0/s1. The molecule has 6 heteroatoms. The lowest BCUT2D eigenvalue weighted by Crippen LogP contribution is -2.33. The topological polar surface area (TPSA) is 43.3 Å². The summed E-state index contributed by atoms with van der Waals surface area (Å²) >= 11 is 1.73. The molecule has 0 amide bonds. The molecule has 0 spiro atoms. The molecule has 6 rings (SSSR count). The Morgan fingerprint density at radius 1 is 0.963 bits per heavy atom. The molecule has 0 saturated heterocycles. The number of hydrazone groups is 1. The number of fused-ring (bicyclic) bond motifs is 4. The van der Waals surface area contributed by atoms with Crippen molar-refractivity contribution in [1.29, 1.82) is 0 Å². The van der Waals surface area contributed by atoms with E-state index in [1.54, 1.807) is 11.3 Å². The predicted molar refractivity (Wildman–Crippen MR) is 102 cm³/mol. The summed E-state index contributed by atoms with van der Waals surface area (Å²) in [5.74, 6) is 2.45. The van der Waals surface area contributed by atoms with Crippen LogP contribution in [-0.4, -0.2) is 17.5 Å². The molecule has 3 aromatic rings. The Morgan fingerprint density at radius 2 is 1.89 bits per heavy atom. The van der Waals surface area contributed by atoms with Crippen molar-refractivity contribution in [3.05, 3.63) is 76.0 Å². The first-order valence-electron chi connectivity index (χ1n) is 8.92. The summed E-state index contributed by atoms with van der Waals surface area (Å²) in [5, 5.41) is 9.15. The molecule has 27 heavy (non-hydrogen) atoms. The Balaban J connectivity index is 1.45. The van der Waals surface area contributed by atoms with Crippen LogP contribution in [0.5, 0.6) is 17.2 Å². The van der Waals surface area contributed by atoms with Gasteiger partial charge in [-0.3, -0.25) is 0 Å². The average Bonchev–Trinajstić information content (AvgIpc) is 3.46. The molecule has 0 N–H and O–H groups in total. The lowest BCUT2D eigenvalue weighted by atomic mass is 9.97. The minimum Gasteiger partial charge on any atom is -0.464 e. The molecule has 3 aliphatic rings. The van der Waals surface area contributed by atoms with Crippen LogP contribution < -0.4 is 14.2 Å². The van der Waals surface area contributed by atoms with Gasteiger partial charge < -0.3 is 14.2 Å². The molecule has 3 aliphatic heterocycles. The quantitative estimate of drug-likeness (QED) is 0.649. The Hall–Kier alpha value is -2.99. The first kappa shape index (κ1) is 15.1. The largest absolute Gasteiger partial charge is 0.464 e. The molecule has 4 heterocycles. The number of nitrogens with zero attached hydrogens (tertiary/aromatic N) is 2. The van der Waals surface area contributed by atoms with Crippen LogP contribution in [0.4, 0.5) is 0 Å². The number of hydrogen-bond acceptors (Lipinski definition) is 6. The molecule has 2 atom stereocenters. The van der Waals surface area contributed by atoms with Gasteiger partial charge in [-0.25, -0.2) is 5.01 Å². The highest BCUT2D eigenvalue weighted by atomic mass is 32.1. The van der Waals surface area contributed by atoms with E-state index in [1.165, 1.54) is 10.4 Å². The van der Waals surface area contributed by atoms with Crippen molar-refractivity contribution in [1.82, 2.24) is 5.01 Å². The van der Waals surface area contributed by atoms with Gasteiger partial charge in [-0.1, -0.05) is 24.3 Å². The predicted octanol–water partition coefficient (Wildman–Crippen LogP) is 4.72. The monoisotopic (exact) mass is 376 g/mol. The fourth-order valence-corrected chi connectivity index (χ4v) is 4.63. The minimum absolute atomic E-state index is 0.169. The Labute approximate surface area is 160 Å². The van der Waals surface area contributed by atoms with Gasteiger partial charge in [-0.2, -0.15) is 5.10 Å².